The molecule has 0 bridgehead atoms. The molecule has 71 valence electrons. The molecule has 0 saturated heterocycles. The summed E-state index contributed by atoms with van der Waals surface area (Å²) in [4.78, 5) is 0. The maximum atomic E-state index is 4.31. The van der Waals surface area contributed by atoms with Crippen LogP contribution in [0, 0.1) is 0 Å². The molecular weight excluding hydrogens is 200 g/mol. The Morgan fingerprint density at radius 3 is 3.13 bits per heavy atom. The first kappa shape index (κ1) is 8.56. The van der Waals surface area contributed by atoms with Gasteiger partial charge in [-0.25, -0.2) is 0 Å². The van der Waals surface area contributed by atoms with Gasteiger partial charge in [-0.2, -0.15) is 0 Å². The Hall–Kier alpha value is -1.74. The first-order chi connectivity index (χ1) is 7.43. The fraction of sp³-hybridized carbons (Fsp3) is 0. The number of rotatable bonds is 0. The van der Waals surface area contributed by atoms with E-state index in [-0.39, 0.29) is 0 Å². The molecule has 0 aliphatic carbocycles. The standard InChI is InChI=1S/C12H9N2Si/c1-2-5-10-9(4-1)8-12-11(14-10)6-3-7-13-15-12/h1-8,14H. The van der Waals surface area contributed by atoms with Crippen LogP contribution in [0.1, 0.15) is 5.56 Å². The second-order valence-corrected chi connectivity index (χ2v) is 4.45. The highest BCUT2D eigenvalue weighted by Gasteiger charge is 2.13. The van der Waals surface area contributed by atoms with E-state index in [9.17, 15) is 0 Å². The zero-order chi connectivity index (χ0) is 10.1. The third-order valence-electron chi connectivity index (χ3n) is 2.43. The number of anilines is 1. The molecule has 1 aromatic carbocycles. The van der Waals surface area contributed by atoms with Crippen molar-refractivity contribution in [2.75, 3.05) is 5.32 Å². The average Bonchev–Trinajstić information content (AvgIpc) is 2.50. The second-order valence-electron chi connectivity index (χ2n) is 3.43. The fourth-order valence-corrected chi connectivity index (χ4v) is 2.48. The Labute approximate surface area is 90.6 Å². The summed E-state index contributed by atoms with van der Waals surface area (Å²) < 4.78 is 4.31. The third kappa shape index (κ3) is 1.51. The topological polar surface area (TPSA) is 24.4 Å². The minimum absolute atomic E-state index is 0.505. The predicted molar refractivity (Wildman–Crippen MR) is 63.4 cm³/mol. The van der Waals surface area contributed by atoms with E-state index in [2.05, 4.69) is 40.3 Å². The molecule has 1 radical (unpaired) electrons. The van der Waals surface area contributed by atoms with Gasteiger partial charge in [-0.3, -0.25) is 0 Å². The maximum absolute atomic E-state index is 4.31. The van der Waals surface area contributed by atoms with E-state index in [1.165, 1.54) is 22.1 Å². The number of hydrogen-bond acceptors (Lipinski definition) is 2. The molecule has 1 N–H and O–H groups in total. The van der Waals surface area contributed by atoms with Crippen LogP contribution in [0.2, 0.25) is 0 Å². The highest BCUT2D eigenvalue weighted by Crippen LogP contribution is 2.28. The van der Waals surface area contributed by atoms with E-state index in [0.29, 0.717) is 9.31 Å². The molecule has 2 aliphatic heterocycles. The lowest BCUT2D eigenvalue weighted by molar-refractivity contribution is 1.41. The number of nitrogens with zero attached hydrogens (tertiary/aromatic N) is 1. The summed E-state index contributed by atoms with van der Waals surface area (Å²) >= 11 is 0. The summed E-state index contributed by atoms with van der Waals surface area (Å²) in [6.07, 6.45) is 8.12. The van der Waals surface area contributed by atoms with Gasteiger partial charge in [-0.05, 0) is 29.9 Å². The van der Waals surface area contributed by atoms with E-state index < -0.39 is 0 Å². The first-order valence-corrected chi connectivity index (χ1v) is 5.79. The van der Waals surface area contributed by atoms with Crippen molar-refractivity contribution >= 4 is 21.1 Å². The Balaban J connectivity index is 2.17. The minimum Gasteiger partial charge on any atom is -0.355 e. The molecule has 3 rings (SSSR count). The van der Waals surface area contributed by atoms with Crippen LogP contribution >= 0.6 is 0 Å². The molecule has 0 atom stereocenters. The van der Waals surface area contributed by atoms with Crippen LogP contribution in [0.5, 0.6) is 0 Å². The Kier molecular flexibility index (Phi) is 1.96. The quantitative estimate of drug-likeness (QED) is 0.653. The molecule has 15 heavy (non-hydrogen) atoms. The highest BCUT2D eigenvalue weighted by atomic mass is 28.2. The summed E-state index contributed by atoms with van der Waals surface area (Å²) in [6, 6.07) is 8.32. The predicted octanol–water partition coefficient (Wildman–Crippen LogP) is 2.75. The molecule has 0 aromatic heterocycles. The van der Waals surface area contributed by atoms with Gasteiger partial charge in [0.15, 0.2) is 9.31 Å². The molecule has 2 aliphatic rings. The van der Waals surface area contributed by atoms with E-state index in [4.69, 9.17) is 0 Å². The molecular formula is C12H9N2Si. The zero-order valence-electron chi connectivity index (χ0n) is 8.07. The lowest BCUT2D eigenvalue weighted by Crippen LogP contribution is -2.09. The monoisotopic (exact) mass is 209 g/mol. The Morgan fingerprint density at radius 2 is 2.13 bits per heavy atom. The van der Waals surface area contributed by atoms with Crippen LogP contribution < -0.4 is 5.32 Å². The fourth-order valence-electron chi connectivity index (χ4n) is 1.70. The normalized spacial score (nSPS) is 16.8. The Bertz CT molecular complexity index is 524. The lowest BCUT2D eigenvalue weighted by Gasteiger charge is -2.18. The van der Waals surface area contributed by atoms with Crippen molar-refractivity contribution in [1.82, 2.24) is 0 Å². The highest BCUT2D eigenvalue weighted by molar-refractivity contribution is 6.38. The van der Waals surface area contributed by atoms with E-state index in [1.807, 2.05) is 18.3 Å². The van der Waals surface area contributed by atoms with Crippen LogP contribution in [0.3, 0.4) is 0 Å². The second kappa shape index (κ2) is 3.44. The van der Waals surface area contributed by atoms with Crippen LogP contribution in [-0.2, 0) is 0 Å². The maximum Gasteiger partial charge on any atom is 0.197 e. The summed E-state index contributed by atoms with van der Waals surface area (Å²) in [6.45, 7) is 0. The molecule has 2 heterocycles. The van der Waals surface area contributed by atoms with Gasteiger partial charge >= 0.3 is 0 Å². The van der Waals surface area contributed by atoms with Gasteiger partial charge in [-0.15, -0.1) is 0 Å². The van der Waals surface area contributed by atoms with Gasteiger partial charge in [0.1, 0.15) is 0 Å². The zero-order valence-corrected chi connectivity index (χ0v) is 9.07. The van der Waals surface area contributed by atoms with Crippen molar-refractivity contribution < 1.29 is 0 Å². The number of para-hydroxylation sites is 1. The largest absolute Gasteiger partial charge is 0.355 e. The summed E-state index contributed by atoms with van der Waals surface area (Å²) in [5.41, 5.74) is 3.59. The molecule has 0 unspecified atom stereocenters. The number of fused-ring (bicyclic) bond motifs is 2. The number of nitrogens with one attached hydrogen (secondary N) is 1. The Morgan fingerprint density at radius 1 is 1.20 bits per heavy atom. The summed E-state index contributed by atoms with van der Waals surface area (Å²) in [5, 5.41) is 4.70. The van der Waals surface area contributed by atoms with Crippen molar-refractivity contribution in [2.24, 2.45) is 4.63 Å². The smallest absolute Gasteiger partial charge is 0.197 e. The van der Waals surface area contributed by atoms with Gasteiger partial charge < -0.3 is 9.95 Å². The first-order valence-electron chi connectivity index (χ1n) is 4.84. The average molecular weight is 209 g/mol. The van der Waals surface area contributed by atoms with Crippen molar-refractivity contribution in [3.05, 3.63) is 59.1 Å². The summed E-state index contributed by atoms with van der Waals surface area (Å²) in [7, 11) is 0.505. The SMILES string of the molecule is C1=CN=[Si]C2=Cc3ccccc3NC2=C1. The number of allylic oxidation sites excluding steroid dienone is 3. The molecule has 1 aromatic rings. The number of hydrogen-bond donors (Lipinski definition) is 1. The van der Waals surface area contributed by atoms with E-state index >= 15 is 0 Å². The van der Waals surface area contributed by atoms with Gasteiger partial charge in [-0.1, -0.05) is 18.2 Å². The molecule has 3 heteroatoms. The van der Waals surface area contributed by atoms with E-state index in [1.54, 1.807) is 0 Å². The van der Waals surface area contributed by atoms with Gasteiger partial charge in [0, 0.05) is 22.8 Å². The molecule has 2 nitrogen and oxygen atoms in total. The van der Waals surface area contributed by atoms with Crippen LogP contribution in [-0.4, -0.2) is 9.31 Å². The van der Waals surface area contributed by atoms with Crippen molar-refractivity contribution in [3.8, 4) is 0 Å². The minimum atomic E-state index is 0.505. The van der Waals surface area contributed by atoms with Gasteiger partial charge in [0.05, 0.1) is 0 Å². The molecule has 0 spiro atoms. The molecule has 0 fully saturated rings. The van der Waals surface area contributed by atoms with Gasteiger partial charge in [0.25, 0.3) is 0 Å². The number of benzene rings is 1. The third-order valence-corrected chi connectivity index (χ3v) is 3.36. The van der Waals surface area contributed by atoms with Crippen LogP contribution in [0.4, 0.5) is 5.69 Å². The van der Waals surface area contributed by atoms with E-state index in [0.717, 1.165) is 0 Å². The van der Waals surface area contributed by atoms with Crippen LogP contribution in [0.25, 0.3) is 6.08 Å². The van der Waals surface area contributed by atoms with Crippen molar-refractivity contribution in [2.45, 2.75) is 0 Å². The van der Waals surface area contributed by atoms with Crippen LogP contribution in [0.15, 0.2) is 58.1 Å². The van der Waals surface area contributed by atoms with Crippen molar-refractivity contribution in [3.63, 3.8) is 0 Å². The molecule has 0 amide bonds. The molecule has 0 saturated carbocycles. The lowest BCUT2D eigenvalue weighted by atomic mass is 10.1. The van der Waals surface area contributed by atoms with Crippen molar-refractivity contribution in [1.29, 1.82) is 0 Å². The summed E-state index contributed by atoms with van der Waals surface area (Å²) in [5.74, 6) is 0. The van der Waals surface area contributed by atoms with Gasteiger partial charge in [0.2, 0.25) is 0 Å².